The molecule has 0 saturated carbocycles. The van der Waals surface area contributed by atoms with Crippen LogP contribution in [0.4, 0.5) is 11.4 Å². The van der Waals surface area contributed by atoms with Gasteiger partial charge in [-0.3, -0.25) is 9.78 Å². The standard InChI is InChI=1S/C12H20N4O/c1-4-14-10-6-11(8-13-7-10)16(3)9-12(17)15-5-2/h6-8,14H,4-5,9H2,1-3H3,(H,15,17). The second-order valence-electron chi connectivity index (χ2n) is 3.77. The summed E-state index contributed by atoms with van der Waals surface area (Å²) in [6.45, 7) is 5.79. The zero-order valence-corrected chi connectivity index (χ0v) is 10.7. The minimum atomic E-state index is 0.0175. The van der Waals surface area contributed by atoms with Crippen molar-refractivity contribution in [2.75, 3.05) is 36.9 Å². The highest BCUT2D eigenvalue weighted by molar-refractivity contribution is 5.81. The van der Waals surface area contributed by atoms with Gasteiger partial charge in [-0.1, -0.05) is 0 Å². The Morgan fingerprint density at radius 2 is 2.12 bits per heavy atom. The zero-order valence-electron chi connectivity index (χ0n) is 10.7. The van der Waals surface area contributed by atoms with Crippen LogP contribution in [0.1, 0.15) is 13.8 Å². The molecule has 0 aliphatic rings. The summed E-state index contributed by atoms with van der Waals surface area (Å²) < 4.78 is 0. The SMILES string of the molecule is CCNC(=O)CN(C)c1cncc(NCC)c1. The number of aromatic nitrogens is 1. The molecular formula is C12H20N4O. The van der Waals surface area contributed by atoms with Gasteiger partial charge in [0.05, 0.1) is 30.3 Å². The van der Waals surface area contributed by atoms with E-state index in [0.717, 1.165) is 17.9 Å². The third-order valence-corrected chi connectivity index (χ3v) is 2.30. The average Bonchev–Trinajstić information content (AvgIpc) is 2.30. The van der Waals surface area contributed by atoms with Crippen LogP contribution in [0.25, 0.3) is 0 Å². The Labute approximate surface area is 102 Å². The van der Waals surface area contributed by atoms with E-state index in [1.54, 1.807) is 12.4 Å². The second-order valence-corrected chi connectivity index (χ2v) is 3.77. The molecule has 1 amide bonds. The van der Waals surface area contributed by atoms with Crippen molar-refractivity contribution in [1.29, 1.82) is 0 Å². The van der Waals surface area contributed by atoms with Crippen molar-refractivity contribution in [2.24, 2.45) is 0 Å². The molecule has 0 bridgehead atoms. The molecule has 1 rings (SSSR count). The molecule has 0 spiro atoms. The first-order valence-electron chi connectivity index (χ1n) is 5.84. The van der Waals surface area contributed by atoms with Crippen molar-refractivity contribution in [3.8, 4) is 0 Å². The topological polar surface area (TPSA) is 57.3 Å². The first-order valence-corrected chi connectivity index (χ1v) is 5.84. The fourth-order valence-corrected chi connectivity index (χ4v) is 1.50. The lowest BCUT2D eigenvalue weighted by molar-refractivity contribution is -0.119. The maximum atomic E-state index is 11.4. The summed E-state index contributed by atoms with van der Waals surface area (Å²) in [4.78, 5) is 17.5. The number of nitrogens with one attached hydrogen (secondary N) is 2. The minimum Gasteiger partial charge on any atom is -0.384 e. The molecule has 1 aromatic heterocycles. The molecule has 5 nitrogen and oxygen atoms in total. The lowest BCUT2D eigenvalue weighted by Gasteiger charge is -2.18. The number of hydrogen-bond donors (Lipinski definition) is 2. The first-order chi connectivity index (χ1) is 8.17. The highest BCUT2D eigenvalue weighted by Crippen LogP contribution is 2.15. The fraction of sp³-hybridized carbons (Fsp3) is 0.500. The highest BCUT2D eigenvalue weighted by atomic mass is 16.1. The average molecular weight is 236 g/mol. The molecule has 1 heterocycles. The predicted octanol–water partition coefficient (Wildman–Crippen LogP) is 1.09. The van der Waals surface area contributed by atoms with E-state index in [4.69, 9.17) is 0 Å². The van der Waals surface area contributed by atoms with Gasteiger partial charge < -0.3 is 15.5 Å². The predicted molar refractivity (Wildman–Crippen MR) is 70.4 cm³/mol. The molecule has 0 aliphatic heterocycles. The number of anilines is 2. The van der Waals surface area contributed by atoms with Gasteiger partial charge in [0.2, 0.25) is 5.91 Å². The Hall–Kier alpha value is -1.78. The summed E-state index contributed by atoms with van der Waals surface area (Å²) >= 11 is 0. The van der Waals surface area contributed by atoms with Crippen LogP contribution < -0.4 is 15.5 Å². The van der Waals surface area contributed by atoms with Crippen molar-refractivity contribution in [1.82, 2.24) is 10.3 Å². The third kappa shape index (κ3) is 4.30. The first kappa shape index (κ1) is 13.3. The number of hydrogen-bond acceptors (Lipinski definition) is 4. The van der Waals surface area contributed by atoms with Crippen LogP contribution in [0.3, 0.4) is 0 Å². The van der Waals surface area contributed by atoms with E-state index >= 15 is 0 Å². The van der Waals surface area contributed by atoms with E-state index in [1.165, 1.54) is 0 Å². The van der Waals surface area contributed by atoms with E-state index in [9.17, 15) is 4.79 Å². The number of pyridine rings is 1. The van der Waals surface area contributed by atoms with Crippen molar-refractivity contribution in [2.45, 2.75) is 13.8 Å². The molecule has 0 aromatic carbocycles. The lowest BCUT2D eigenvalue weighted by atomic mass is 10.3. The van der Waals surface area contributed by atoms with E-state index in [1.807, 2.05) is 31.9 Å². The van der Waals surface area contributed by atoms with Gasteiger partial charge in [-0.15, -0.1) is 0 Å². The Balaban J connectivity index is 2.64. The molecule has 5 heteroatoms. The summed E-state index contributed by atoms with van der Waals surface area (Å²) in [7, 11) is 1.88. The van der Waals surface area contributed by atoms with E-state index in [0.29, 0.717) is 13.1 Å². The van der Waals surface area contributed by atoms with Gasteiger partial charge in [0.1, 0.15) is 0 Å². The Kier molecular flexibility index (Phi) is 5.26. The van der Waals surface area contributed by atoms with Crippen molar-refractivity contribution in [3.63, 3.8) is 0 Å². The van der Waals surface area contributed by atoms with Gasteiger partial charge in [-0.2, -0.15) is 0 Å². The minimum absolute atomic E-state index is 0.0175. The van der Waals surface area contributed by atoms with Gasteiger partial charge >= 0.3 is 0 Å². The second kappa shape index (κ2) is 6.73. The van der Waals surface area contributed by atoms with E-state index in [2.05, 4.69) is 15.6 Å². The van der Waals surface area contributed by atoms with E-state index in [-0.39, 0.29) is 5.91 Å². The molecule has 2 N–H and O–H groups in total. The monoisotopic (exact) mass is 236 g/mol. The highest BCUT2D eigenvalue weighted by Gasteiger charge is 2.07. The van der Waals surface area contributed by atoms with Crippen LogP contribution in [0, 0.1) is 0 Å². The summed E-state index contributed by atoms with van der Waals surface area (Å²) in [6, 6.07) is 1.98. The Bertz CT molecular complexity index is 367. The normalized spacial score (nSPS) is 9.82. The maximum Gasteiger partial charge on any atom is 0.239 e. The number of amides is 1. The Morgan fingerprint density at radius 1 is 1.35 bits per heavy atom. The molecule has 0 fully saturated rings. The molecule has 1 aromatic rings. The molecule has 0 unspecified atom stereocenters. The number of carbonyl (C=O) groups is 1. The third-order valence-electron chi connectivity index (χ3n) is 2.30. The Morgan fingerprint density at radius 3 is 2.76 bits per heavy atom. The van der Waals surface area contributed by atoms with Gasteiger partial charge in [0, 0.05) is 20.1 Å². The number of rotatable bonds is 6. The van der Waals surface area contributed by atoms with Crippen molar-refractivity contribution in [3.05, 3.63) is 18.5 Å². The largest absolute Gasteiger partial charge is 0.384 e. The summed E-state index contributed by atoms with van der Waals surface area (Å²) in [5, 5.41) is 5.96. The smallest absolute Gasteiger partial charge is 0.239 e. The molecule has 0 aliphatic carbocycles. The lowest BCUT2D eigenvalue weighted by Crippen LogP contribution is -2.35. The summed E-state index contributed by atoms with van der Waals surface area (Å²) in [6.07, 6.45) is 3.52. The number of likely N-dealkylation sites (N-methyl/N-ethyl adjacent to an activating group) is 2. The summed E-state index contributed by atoms with van der Waals surface area (Å²) in [5.41, 5.74) is 1.89. The van der Waals surface area contributed by atoms with Crippen LogP contribution in [-0.4, -0.2) is 37.6 Å². The maximum absolute atomic E-state index is 11.4. The van der Waals surface area contributed by atoms with Crippen LogP contribution in [0.2, 0.25) is 0 Å². The van der Waals surface area contributed by atoms with Gasteiger partial charge in [0.25, 0.3) is 0 Å². The van der Waals surface area contributed by atoms with Crippen LogP contribution in [0.5, 0.6) is 0 Å². The molecule has 17 heavy (non-hydrogen) atoms. The number of carbonyl (C=O) groups excluding carboxylic acids is 1. The molecule has 0 atom stereocenters. The molecule has 94 valence electrons. The van der Waals surface area contributed by atoms with Crippen molar-refractivity contribution < 1.29 is 4.79 Å². The molecule has 0 radical (unpaired) electrons. The fourth-order valence-electron chi connectivity index (χ4n) is 1.50. The summed E-state index contributed by atoms with van der Waals surface area (Å²) in [5.74, 6) is 0.0175. The van der Waals surface area contributed by atoms with E-state index < -0.39 is 0 Å². The molecular weight excluding hydrogens is 216 g/mol. The van der Waals surface area contributed by atoms with Crippen LogP contribution in [-0.2, 0) is 4.79 Å². The molecule has 0 saturated heterocycles. The van der Waals surface area contributed by atoms with Crippen molar-refractivity contribution >= 4 is 17.3 Å². The van der Waals surface area contributed by atoms with Crippen LogP contribution in [0.15, 0.2) is 18.5 Å². The van der Waals surface area contributed by atoms with Crippen LogP contribution >= 0.6 is 0 Å². The number of nitrogens with zero attached hydrogens (tertiary/aromatic N) is 2. The van der Waals surface area contributed by atoms with Gasteiger partial charge in [0.15, 0.2) is 0 Å². The zero-order chi connectivity index (χ0) is 12.7. The quantitative estimate of drug-likeness (QED) is 0.776. The van der Waals surface area contributed by atoms with Gasteiger partial charge in [-0.05, 0) is 19.9 Å². The van der Waals surface area contributed by atoms with Gasteiger partial charge in [-0.25, -0.2) is 0 Å².